The molecule has 2 aromatic rings. The van der Waals surface area contributed by atoms with E-state index in [2.05, 4.69) is 30.9 Å². The van der Waals surface area contributed by atoms with Gasteiger partial charge >= 0.3 is 0 Å². The molecule has 0 aromatic carbocycles. The highest BCUT2D eigenvalue weighted by atomic mass is 79.9. The second-order valence-corrected chi connectivity index (χ2v) is 5.60. The highest BCUT2D eigenvalue weighted by Crippen LogP contribution is 2.20. The molecule has 0 spiro atoms. The molecule has 2 N–H and O–H groups in total. The van der Waals surface area contributed by atoms with Crippen molar-refractivity contribution in [1.82, 2.24) is 14.6 Å². The van der Waals surface area contributed by atoms with Crippen LogP contribution in [0, 0.1) is 0 Å². The Labute approximate surface area is 119 Å². The highest BCUT2D eigenvalue weighted by Gasteiger charge is 2.25. The third kappa shape index (κ3) is 2.45. The van der Waals surface area contributed by atoms with E-state index >= 15 is 0 Å². The van der Waals surface area contributed by atoms with Crippen LogP contribution in [0.25, 0.3) is 5.65 Å². The monoisotopic (exact) mass is 325 g/mol. The molecule has 1 aliphatic heterocycles. The van der Waals surface area contributed by atoms with Gasteiger partial charge < -0.3 is 15.4 Å². The summed E-state index contributed by atoms with van der Waals surface area (Å²) in [6, 6.07) is 3.89. The van der Waals surface area contributed by atoms with Gasteiger partial charge in [0, 0.05) is 25.3 Å². The van der Waals surface area contributed by atoms with Crippen molar-refractivity contribution in [3.63, 3.8) is 0 Å². The largest absolute Gasteiger partial charge is 0.373 e. The van der Waals surface area contributed by atoms with Crippen molar-refractivity contribution in [3.05, 3.63) is 22.8 Å². The first-order valence-corrected chi connectivity index (χ1v) is 7.07. The highest BCUT2D eigenvalue weighted by molar-refractivity contribution is 9.10. The lowest BCUT2D eigenvalue weighted by Crippen LogP contribution is -2.50. The molecule has 0 radical (unpaired) electrons. The van der Waals surface area contributed by atoms with E-state index in [1.54, 1.807) is 4.52 Å². The fourth-order valence-corrected chi connectivity index (χ4v) is 2.59. The van der Waals surface area contributed by atoms with E-state index in [-0.39, 0.29) is 12.1 Å². The Kier molecular flexibility index (Phi) is 3.42. The Balaban J connectivity index is 1.89. The van der Waals surface area contributed by atoms with Gasteiger partial charge in [-0.15, -0.1) is 5.10 Å². The van der Waals surface area contributed by atoms with E-state index in [0.717, 1.165) is 29.2 Å². The number of anilines is 1. The fourth-order valence-electron chi connectivity index (χ4n) is 2.17. The molecule has 19 heavy (non-hydrogen) atoms. The number of morpholine rings is 1. The second-order valence-electron chi connectivity index (χ2n) is 4.75. The van der Waals surface area contributed by atoms with Gasteiger partial charge in [0.1, 0.15) is 0 Å². The maximum Gasteiger partial charge on any atom is 0.245 e. The average molecular weight is 326 g/mol. The van der Waals surface area contributed by atoms with Crippen LogP contribution in [0.3, 0.4) is 0 Å². The predicted octanol–water partition coefficient (Wildman–Crippen LogP) is 1.04. The maximum absolute atomic E-state index is 5.90. The minimum absolute atomic E-state index is 0.00608. The van der Waals surface area contributed by atoms with E-state index in [4.69, 9.17) is 10.5 Å². The van der Waals surface area contributed by atoms with Crippen LogP contribution in [-0.4, -0.2) is 46.4 Å². The smallest absolute Gasteiger partial charge is 0.245 e. The molecule has 102 valence electrons. The summed E-state index contributed by atoms with van der Waals surface area (Å²) in [6.07, 6.45) is 1.92. The zero-order valence-electron chi connectivity index (χ0n) is 10.7. The Hall–Kier alpha value is -1.18. The van der Waals surface area contributed by atoms with Crippen molar-refractivity contribution in [2.45, 2.75) is 19.1 Å². The number of hydrogen-bond donors (Lipinski definition) is 1. The molecule has 1 fully saturated rings. The number of halogens is 1. The normalized spacial score (nSPS) is 21.8. The Bertz CT molecular complexity index is 585. The molecule has 1 aliphatic rings. The molecule has 0 amide bonds. The lowest BCUT2D eigenvalue weighted by atomic mass is 10.1. The van der Waals surface area contributed by atoms with Gasteiger partial charge in [-0.05, 0) is 35.0 Å². The van der Waals surface area contributed by atoms with Crippen molar-refractivity contribution in [2.75, 3.05) is 24.6 Å². The van der Waals surface area contributed by atoms with Crippen molar-refractivity contribution < 1.29 is 4.74 Å². The molecule has 7 heteroatoms. The van der Waals surface area contributed by atoms with Crippen molar-refractivity contribution in [2.24, 2.45) is 5.73 Å². The molecule has 1 saturated heterocycles. The standard InChI is InChI=1S/C12H16BrN5O/c1-8(14)10-7-17(5-6-19-10)12-15-11-9(13)3-2-4-18(11)16-12/h2-4,8,10H,5-7,14H2,1H3. The fraction of sp³-hybridized carbons (Fsp3) is 0.500. The minimum atomic E-state index is 0.00608. The first-order valence-electron chi connectivity index (χ1n) is 6.28. The molecule has 6 nitrogen and oxygen atoms in total. The topological polar surface area (TPSA) is 68.7 Å². The number of fused-ring (bicyclic) bond motifs is 1. The van der Waals surface area contributed by atoms with Crippen LogP contribution in [-0.2, 0) is 4.74 Å². The number of nitrogens with two attached hydrogens (primary N) is 1. The van der Waals surface area contributed by atoms with E-state index in [0.29, 0.717) is 6.61 Å². The number of hydrogen-bond acceptors (Lipinski definition) is 5. The number of rotatable bonds is 2. The molecular formula is C12H16BrN5O. The SMILES string of the molecule is CC(N)C1CN(c2nc3c(Br)cccn3n2)CCO1. The predicted molar refractivity (Wildman–Crippen MR) is 76.3 cm³/mol. The van der Waals surface area contributed by atoms with Crippen LogP contribution >= 0.6 is 15.9 Å². The summed E-state index contributed by atoms with van der Waals surface area (Å²) in [5.74, 6) is 0.723. The molecule has 0 saturated carbocycles. The zero-order chi connectivity index (χ0) is 13.4. The van der Waals surface area contributed by atoms with Crippen LogP contribution in [0.1, 0.15) is 6.92 Å². The van der Waals surface area contributed by atoms with Gasteiger partial charge in [0.15, 0.2) is 5.65 Å². The van der Waals surface area contributed by atoms with Crippen LogP contribution in [0.4, 0.5) is 5.95 Å². The van der Waals surface area contributed by atoms with E-state index < -0.39 is 0 Å². The van der Waals surface area contributed by atoms with Gasteiger partial charge in [0.05, 0.1) is 17.2 Å². The second kappa shape index (κ2) is 5.07. The number of aromatic nitrogens is 3. The summed E-state index contributed by atoms with van der Waals surface area (Å²) in [5, 5.41) is 4.50. The van der Waals surface area contributed by atoms with Gasteiger partial charge in [-0.25, -0.2) is 4.52 Å². The summed E-state index contributed by atoms with van der Waals surface area (Å²) >= 11 is 3.48. The third-order valence-corrected chi connectivity index (χ3v) is 3.89. The Morgan fingerprint density at radius 2 is 2.42 bits per heavy atom. The Morgan fingerprint density at radius 1 is 1.58 bits per heavy atom. The average Bonchev–Trinajstić information content (AvgIpc) is 2.84. The third-order valence-electron chi connectivity index (χ3n) is 3.27. The lowest BCUT2D eigenvalue weighted by Gasteiger charge is -2.33. The maximum atomic E-state index is 5.90. The summed E-state index contributed by atoms with van der Waals surface area (Å²) in [7, 11) is 0. The van der Waals surface area contributed by atoms with Crippen LogP contribution < -0.4 is 10.6 Å². The summed E-state index contributed by atoms with van der Waals surface area (Å²) in [5.41, 5.74) is 6.72. The van der Waals surface area contributed by atoms with Crippen LogP contribution in [0.15, 0.2) is 22.8 Å². The zero-order valence-corrected chi connectivity index (χ0v) is 12.2. The summed E-state index contributed by atoms with van der Waals surface area (Å²) < 4.78 is 8.36. The molecule has 0 aliphatic carbocycles. The minimum Gasteiger partial charge on any atom is -0.373 e. The molecule has 0 bridgehead atoms. The molecular weight excluding hydrogens is 310 g/mol. The number of nitrogens with zero attached hydrogens (tertiary/aromatic N) is 4. The molecule has 2 unspecified atom stereocenters. The summed E-state index contributed by atoms with van der Waals surface area (Å²) in [4.78, 5) is 6.69. The quantitative estimate of drug-likeness (QED) is 0.893. The van der Waals surface area contributed by atoms with Crippen LogP contribution in [0.5, 0.6) is 0 Å². The van der Waals surface area contributed by atoms with Crippen molar-refractivity contribution >= 4 is 27.5 Å². The molecule has 2 atom stereocenters. The van der Waals surface area contributed by atoms with E-state index in [1.807, 2.05) is 25.3 Å². The van der Waals surface area contributed by atoms with Gasteiger partial charge in [-0.3, -0.25) is 0 Å². The molecule has 2 aromatic heterocycles. The number of ether oxygens (including phenoxy) is 1. The van der Waals surface area contributed by atoms with Gasteiger partial charge in [0.2, 0.25) is 5.95 Å². The first kappa shape index (κ1) is 12.8. The molecule has 3 heterocycles. The van der Waals surface area contributed by atoms with E-state index in [9.17, 15) is 0 Å². The number of pyridine rings is 1. The van der Waals surface area contributed by atoms with Crippen LogP contribution in [0.2, 0.25) is 0 Å². The van der Waals surface area contributed by atoms with Gasteiger partial charge in [0.25, 0.3) is 0 Å². The summed E-state index contributed by atoms with van der Waals surface area (Å²) in [6.45, 7) is 4.13. The first-order chi connectivity index (χ1) is 9.15. The van der Waals surface area contributed by atoms with E-state index in [1.165, 1.54) is 0 Å². The molecule has 3 rings (SSSR count). The Morgan fingerprint density at radius 3 is 3.16 bits per heavy atom. The van der Waals surface area contributed by atoms with Gasteiger partial charge in [-0.2, -0.15) is 4.98 Å². The lowest BCUT2D eigenvalue weighted by molar-refractivity contribution is 0.0271. The van der Waals surface area contributed by atoms with Gasteiger partial charge in [-0.1, -0.05) is 0 Å². The van der Waals surface area contributed by atoms with Crippen molar-refractivity contribution in [3.8, 4) is 0 Å². The van der Waals surface area contributed by atoms with Crippen molar-refractivity contribution in [1.29, 1.82) is 0 Å².